The normalized spacial score (nSPS) is 16.8. The molecule has 1 saturated heterocycles. The number of quaternary nitrogens is 1. The van der Waals surface area contributed by atoms with Crippen LogP contribution in [0.4, 0.5) is 0 Å². The monoisotopic (exact) mass is 406 g/mol. The number of thiazole rings is 1. The summed E-state index contributed by atoms with van der Waals surface area (Å²) in [6.07, 6.45) is 0. The van der Waals surface area contributed by atoms with Gasteiger partial charge in [0.25, 0.3) is 10.0 Å². The van der Waals surface area contributed by atoms with E-state index >= 15 is 0 Å². The topological polar surface area (TPSA) is 54.7 Å². The van der Waals surface area contributed by atoms with Crippen molar-refractivity contribution in [2.24, 2.45) is 0 Å². The molecule has 136 valence electrons. The van der Waals surface area contributed by atoms with Gasteiger partial charge in [0.05, 0.1) is 26.2 Å². The van der Waals surface area contributed by atoms with E-state index < -0.39 is 10.0 Å². The quantitative estimate of drug-likeness (QED) is 0.705. The van der Waals surface area contributed by atoms with Crippen molar-refractivity contribution in [2.45, 2.75) is 10.8 Å². The van der Waals surface area contributed by atoms with Crippen LogP contribution in [0, 0.1) is 0 Å². The van der Waals surface area contributed by atoms with Gasteiger partial charge in [-0.1, -0.05) is 36.4 Å². The van der Waals surface area contributed by atoms with Gasteiger partial charge in [-0.2, -0.15) is 4.31 Å². The molecule has 1 aliphatic heterocycles. The number of hydrogen-bond acceptors (Lipinski definition) is 5. The maximum absolute atomic E-state index is 12.6. The molecule has 1 N–H and O–H groups in total. The first-order chi connectivity index (χ1) is 12.6. The molecule has 3 aromatic rings. The Kier molecular flexibility index (Phi) is 5.19. The second-order valence-electron chi connectivity index (χ2n) is 6.27. The van der Waals surface area contributed by atoms with Gasteiger partial charge in [0.15, 0.2) is 0 Å². The Bertz CT molecular complexity index is 945. The summed E-state index contributed by atoms with van der Waals surface area (Å²) in [5.74, 6) is 0. The zero-order valence-electron chi connectivity index (χ0n) is 14.2. The smallest absolute Gasteiger partial charge is 0.252 e. The first-order valence-corrected chi connectivity index (χ1v) is 11.7. The van der Waals surface area contributed by atoms with E-state index in [1.807, 2.05) is 18.2 Å². The Morgan fingerprint density at radius 1 is 1.04 bits per heavy atom. The molecule has 5 nitrogen and oxygen atoms in total. The van der Waals surface area contributed by atoms with Crippen molar-refractivity contribution in [3.8, 4) is 10.6 Å². The second-order valence-corrected chi connectivity index (χ2v) is 10.2. The average molecular weight is 407 g/mol. The summed E-state index contributed by atoms with van der Waals surface area (Å²) in [5, 5.41) is 4.96. The predicted molar refractivity (Wildman–Crippen MR) is 105 cm³/mol. The highest BCUT2D eigenvalue weighted by molar-refractivity contribution is 7.91. The molecule has 4 rings (SSSR count). The zero-order chi connectivity index (χ0) is 18.0. The lowest BCUT2D eigenvalue weighted by Crippen LogP contribution is -3.13. The van der Waals surface area contributed by atoms with Crippen molar-refractivity contribution in [1.29, 1.82) is 0 Å². The maximum Gasteiger partial charge on any atom is 0.252 e. The molecule has 26 heavy (non-hydrogen) atoms. The third kappa shape index (κ3) is 3.74. The first kappa shape index (κ1) is 17.8. The standard InChI is InChI=1S/C18H19N3O2S3/c22-26(23,17-7-4-12-24-17)21-10-8-20(9-11-21)13-16-14-25-18(19-16)15-5-2-1-3-6-15/h1-7,12,14H,8-11,13H2/p+1. The Morgan fingerprint density at radius 3 is 2.50 bits per heavy atom. The highest BCUT2D eigenvalue weighted by Gasteiger charge is 2.31. The number of thiophene rings is 1. The Hall–Kier alpha value is -1.58. The van der Waals surface area contributed by atoms with Gasteiger partial charge in [0.2, 0.25) is 0 Å². The lowest BCUT2D eigenvalue weighted by atomic mass is 10.2. The van der Waals surface area contributed by atoms with Gasteiger partial charge in [-0.25, -0.2) is 13.4 Å². The van der Waals surface area contributed by atoms with Crippen LogP contribution in [0.3, 0.4) is 0 Å². The van der Waals surface area contributed by atoms with Crippen molar-refractivity contribution < 1.29 is 13.3 Å². The number of hydrogen-bond donors (Lipinski definition) is 1. The minimum absolute atomic E-state index is 0.438. The number of sulfonamides is 1. The van der Waals surface area contributed by atoms with Gasteiger partial charge < -0.3 is 4.90 Å². The van der Waals surface area contributed by atoms with E-state index in [2.05, 4.69) is 17.5 Å². The lowest BCUT2D eigenvalue weighted by molar-refractivity contribution is -0.917. The molecule has 1 aromatic carbocycles. The number of aromatic nitrogens is 1. The minimum atomic E-state index is -3.32. The summed E-state index contributed by atoms with van der Waals surface area (Å²) in [6.45, 7) is 3.58. The molecular weight excluding hydrogens is 386 g/mol. The third-order valence-electron chi connectivity index (χ3n) is 4.52. The Balaban J connectivity index is 1.37. The van der Waals surface area contributed by atoms with E-state index in [9.17, 15) is 8.42 Å². The molecular formula is C18H20N3O2S3+. The zero-order valence-corrected chi connectivity index (χ0v) is 16.6. The van der Waals surface area contributed by atoms with Crippen molar-refractivity contribution in [3.05, 3.63) is 58.9 Å². The molecule has 0 spiro atoms. The summed E-state index contributed by atoms with van der Waals surface area (Å²) in [7, 11) is -3.32. The van der Waals surface area contributed by atoms with Crippen molar-refractivity contribution in [1.82, 2.24) is 9.29 Å². The van der Waals surface area contributed by atoms with Crippen LogP contribution in [0.1, 0.15) is 5.69 Å². The van der Waals surface area contributed by atoms with E-state index in [0.29, 0.717) is 17.3 Å². The molecule has 0 atom stereocenters. The number of rotatable bonds is 5. The second kappa shape index (κ2) is 7.58. The van der Waals surface area contributed by atoms with Crippen molar-refractivity contribution in [3.63, 3.8) is 0 Å². The van der Waals surface area contributed by atoms with Crippen molar-refractivity contribution in [2.75, 3.05) is 26.2 Å². The van der Waals surface area contributed by atoms with Gasteiger partial charge in [0, 0.05) is 10.9 Å². The van der Waals surface area contributed by atoms with Crippen LogP contribution in [-0.2, 0) is 16.6 Å². The summed E-state index contributed by atoms with van der Waals surface area (Å²) >= 11 is 2.95. The van der Waals surface area contributed by atoms with E-state index in [4.69, 9.17) is 4.98 Å². The summed E-state index contributed by atoms with van der Waals surface area (Å²) in [5.41, 5.74) is 2.23. The van der Waals surface area contributed by atoms with Gasteiger partial charge in [-0.3, -0.25) is 0 Å². The van der Waals surface area contributed by atoms with Gasteiger partial charge in [-0.05, 0) is 11.4 Å². The highest BCUT2D eigenvalue weighted by Crippen LogP contribution is 2.23. The van der Waals surface area contributed by atoms with E-state index in [1.165, 1.54) is 16.2 Å². The maximum atomic E-state index is 12.6. The van der Waals surface area contributed by atoms with Crippen LogP contribution in [0.5, 0.6) is 0 Å². The average Bonchev–Trinajstić information content (AvgIpc) is 3.35. The molecule has 0 unspecified atom stereocenters. The summed E-state index contributed by atoms with van der Waals surface area (Å²) < 4.78 is 27.2. The summed E-state index contributed by atoms with van der Waals surface area (Å²) in [6, 6.07) is 13.7. The molecule has 1 fully saturated rings. The van der Waals surface area contributed by atoms with Crippen LogP contribution in [-0.4, -0.2) is 43.9 Å². The van der Waals surface area contributed by atoms with E-state index in [-0.39, 0.29) is 0 Å². The highest BCUT2D eigenvalue weighted by atomic mass is 32.2. The fourth-order valence-electron chi connectivity index (χ4n) is 3.11. The number of benzene rings is 1. The van der Waals surface area contributed by atoms with E-state index in [1.54, 1.807) is 33.2 Å². The fourth-order valence-corrected chi connectivity index (χ4v) is 6.53. The molecule has 1 aliphatic rings. The lowest BCUT2D eigenvalue weighted by Gasteiger charge is -2.30. The molecule has 0 saturated carbocycles. The van der Waals surface area contributed by atoms with Crippen LogP contribution in [0.25, 0.3) is 10.6 Å². The number of nitrogens with zero attached hydrogens (tertiary/aromatic N) is 2. The summed E-state index contributed by atoms with van der Waals surface area (Å²) in [4.78, 5) is 6.13. The minimum Gasteiger partial charge on any atom is -0.328 e. The Labute approximate surface area is 161 Å². The fraction of sp³-hybridized carbons (Fsp3) is 0.278. The van der Waals surface area contributed by atoms with Crippen LogP contribution >= 0.6 is 22.7 Å². The SMILES string of the molecule is O=S(=O)(c1cccs1)N1CC[NH+](Cc2csc(-c3ccccc3)n2)CC1. The number of nitrogens with one attached hydrogen (secondary N) is 1. The van der Waals surface area contributed by atoms with Crippen molar-refractivity contribution >= 4 is 32.7 Å². The van der Waals surface area contributed by atoms with Gasteiger partial charge in [-0.15, -0.1) is 22.7 Å². The third-order valence-corrected chi connectivity index (χ3v) is 8.73. The molecule has 8 heteroatoms. The molecule has 0 bridgehead atoms. The predicted octanol–water partition coefficient (Wildman–Crippen LogP) is 1.96. The first-order valence-electron chi connectivity index (χ1n) is 8.50. The molecule has 2 aromatic heterocycles. The van der Waals surface area contributed by atoms with Gasteiger partial charge >= 0.3 is 0 Å². The molecule has 0 amide bonds. The van der Waals surface area contributed by atoms with Crippen LogP contribution in [0.2, 0.25) is 0 Å². The van der Waals surface area contributed by atoms with Crippen LogP contribution < -0.4 is 4.90 Å². The Morgan fingerprint density at radius 2 is 1.81 bits per heavy atom. The number of piperazine rings is 1. The largest absolute Gasteiger partial charge is 0.328 e. The van der Waals surface area contributed by atoms with E-state index in [0.717, 1.165) is 35.9 Å². The molecule has 3 heterocycles. The molecule has 0 aliphatic carbocycles. The van der Waals surface area contributed by atoms with Crippen LogP contribution in [0.15, 0.2) is 57.4 Å². The van der Waals surface area contributed by atoms with Gasteiger partial charge in [0.1, 0.15) is 21.5 Å². The molecule has 0 radical (unpaired) electrons.